The number of benzene rings is 2. The summed E-state index contributed by atoms with van der Waals surface area (Å²) < 4.78 is 41.3. The van der Waals surface area contributed by atoms with Gasteiger partial charge in [-0.05, 0) is 73.8 Å². The number of para-hydroxylation sites is 1. The lowest BCUT2D eigenvalue weighted by Crippen LogP contribution is -2.43. The number of aryl methyl sites for hydroxylation is 2. The monoisotopic (exact) mass is 468 g/mol. The van der Waals surface area contributed by atoms with Crippen molar-refractivity contribution in [2.24, 2.45) is 5.92 Å². The highest BCUT2D eigenvalue weighted by molar-refractivity contribution is 7.93. The molecule has 0 amide bonds. The summed E-state index contributed by atoms with van der Waals surface area (Å²) in [6.45, 7) is 5.86. The molecule has 33 heavy (non-hydrogen) atoms. The molecule has 7 heteroatoms. The fourth-order valence-electron chi connectivity index (χ4n) is 4.78. The van der Waals surface area contributed by atoms with Crippen LogP contribution in [-0.2, 0) is 27.6 Å². The molecule has 2 aromatic rings. The Morgan fingerprint density at radius 1 is 1.15 bits per heavy atom. The van der Waals surface area contributed by atoms with Gasteiger partial charge in [-0.25, -0.2) is 8.42 Å². The summed E-state index contributed by atoms with van der Waals surface area (Å²) >= 11 is 0. The summed E-state index contributed by atoms with van der Waals surface area (Å²) in [5.41, 5.74) is 3.24. The van der Waals surface area contributed by atoms with Crippen molar-refractivity contribution in [1.29, 1.82) is 5.26 Å². The van der Waals surface area contributed by atoms with Gasteiger partial charge in [-0.2, -0.15) is 5.26 Å². The van der Waals surface area contributed by atoms with Gasteiger partial charge in [0.2, 0.25) is 0 Å². The zero-order valence-electron chi connectivity index (χ0n) is 19.4. The van der Waals surface area contributed by atoms with E-state index >= 15 is 0 Å². The van der Waals surface area contributed by atoms with Gasteiger partial charge in [0.25, 0.3) is 10.0 Å². The molecule has 1 saturated heterocycles. The quantitative estimate of drug-likeness (QED) is 0.581. The standard InChI is InChI=1S/C26H32N2O4S/c1-3-19-8-11-24-21(16-19)9-10-23(4-2)28(24)33(29,30)25-7-5-6-22(17-27)26(25)32-18-20-12-14-31-15-13-20/h5-8,11,16,20,23H,3-4,9-10,12-15,18H2,1-2H3. The molecule has 2 aromatic carbocycles. The summed E-state index contributed by atoms with van der Waals surface area (Å²) in [5, 5.41) is 9.71. The van der Waals surface area contributed by atoms with Crippen molar-refractivity contribution in [1.82, 2.24) is 0 Å². The Kier molecular flexibility index (Phi) is 7.26. The summed E-state index contributed by atoms with van der Waals surface area (Å²) in [5.74, 6) is 0.450. The second-order valence-electron chi connectivity index (χ2n) is 8.83. The molecule has 0 aliphatic carbocycles. The lowest BCUT2D eigenvalue weighted by atomic mass is 9.94. The fraction of sp³-hybridized carbons (Fsp3) is 0.500. The zero-order chi connectivity index (χ0) is 23.4. The number of rotatable bonds is 7. The van der Waals surface area contributed by atoms with Crippen LogP contribution in [0.4, 0.5) is 5.69 Å². The molecular weight excluding hydrogens is 436 g/mol. The number of nitriles is 1. The molecule has 2 aliphatic heterocycles. The van der Waals surface area contributed by atoms with Crippen LogP contribution < -0.4 is 9.04 Å². The van der Waals surface area contributed by atoms with E-state index in [1.54, 1.807) is 22.5 Å². The zero-order valence-corrected chi connectivity index (χ0v) is 20.2. The Labute approximate surface area is 197 Å². The highest BCUT2D eigenvalue weighted by atomic mass is 32.2. The normalized spacial score (nSPS) is 19.1. The van der Waals surface area contributed by atoms with E-state index in [-0.39, 0.29) is 28.2 Å². The second-order valence-corrected chi connectivity index (χ2v) is 10.6. The average molecular weight is 469 g/mol. The molecule has 0 saturated carbocycles. The molecule has 0 N–H and O–H groups in total. The molecule has 4 rings (SSSR count). The topological polar surface area (TPSA) is 79.6 Å². The minimum atomic E-state index is -3.94. The Hall–Kier alpha value is -2.56. The van der Waals surface area contributed by atoms with Crippen LogP contribution in [0.2, 0.25) is 0 Å². The van der Waals surface area contributed by atoms with Crippen molar-refractivity contribution >= 4 is 15.7 Å². The molecule has 0 radical (unpaired) electrons. The second kappa shape index (κ2) is 10.1. The van der Waals surface area contributed by atoms with E-state index in [0.29, 0.717) is 26.2 Å². The van der Waals surface area contributed by atoms with E-state index in [9.17, 15) is 13.7 Å². The highest BCUT2D eigenvalue weighted by Crippen LogP contribution is 2.40. The van der Waals surface area contributed by atoms with Crippen molar-refractivity contribution in [3.05, 3.63) is 53.1 Å². The van der Waals surface area contributed by atoms with Crippen molar-refractivity contribution in [3.63, 3.8) is 0 Å². The molecule has 0 bridgehead atoms. The van der Waals surface area contributed by atoms with Crippen LogP contribution in [0.1, 0.15) is 56.2 Å². The van der Waals surface area contributed by atoms with Crippen LogP contribution in [0, 0.1) is 17.2 Å². The van der Waals surface area contributed by atoms with Gasteiger partial charge in [-0.15, -0.1) is 0 Å². The minimum Gasteiger partial charge on any atom is -0.490 e. The molecular formula is C26H32N2O4S. The van der Waals surface area contributed by atoms with E-state index in [0.717, 1.165) is 43.4 Å². The summed E-state index contributed by atoms with van der Waals surface area (Å²) in [6.07, 6.45) is 4.99. The third-order valence-electron chi connectivity index (χ3n) is 6.78. The lowest BCUT2D eigenvalue weighted by molar-refractivity contribution is 0.0492. The van der Waals surface area contributed by atoms with Crippen LogP contribution in [0.15, 0.2) is 41.3 Å². The average Bonchev–Trinajstić information content (AvgIpc) is 2.86. The predicted octanol–water partition coefficient (Wildman–Crippen LogP) is 4.85. The van der Waals surface area contributed by atoms with Gasteiger partial charge in [0, 0.05) is 19.3 Å². The van der Waals surface area contributed by atoms with Crippen LogP contribution in [0.3, 0.4) is 0 Å². The van der Waals surface area contributed by atoms with Gasteiger partial charge >= 0.3 is 0 Å². The van der Waals surface area contributed by atoms with Gasteiger partial charge in [-0.3, -0.25) is 4.31 Å². The first-order chi connectivity index (χ1) is 16.0. The molecule has 1 atom stereocenters. The molecule has 0 spiro atoms. The Bertz CT molecular complexity index is 1130. The number of fused-ring (bicyclic) bond motifs is 1. The number of sulfonamides is 1. The van der Waals surface area contributed by atoms with Crippen molar-refractivity contribution in [3.8, 4) is 11.8 Å². The molecule has 1 fully saturated rings. The maximum absolute atomic E-state index is 14.1. The summed E-state index contributed by atoms with van der Waals surface area (Å²) in [4.78, 5) is 0.0690. The van der Waals surface area contributed by atoms with Gasteiger partial charge in [0.15, 0.2) is 5.75 Å². The maximum atomic E-state index is 14.1. The smallest absolute Gasteiger partial charge is 0.268 e. The van der Waals surface area contributed by atoms with E-state index in [4.69, 9.17) is 9.47 Å². The van der Waals surface area contributed by atoms with Gasteiger partial charge in [0.1, 0.15) is 11.0 Å². The largest absolute Gasteiger partial charge is 0.490 e. The number of anilines is 1. The van der Waals surface area contributed by atoms with Crippen LogP contribution >= 0.6 is 0 Å². The summed E-state index contributed by atoms with van der Waals surface area (Å²) in [6, 6.07) is 12.9. The fourth-order valence-corrected chi connectivity index (χ4v) is 6.73. The number of ether oxygens (including phenoxy) is 2. The lowest BCUT2D eigenvalue weighted by Gasteiger charge is -2.38. The highest BCUT2D eigenvalue weighted by Gasteiger charge is 2.37. The first-order valence-electron chi connectivity index (χ1n) is 11.9. The van der Waals surface area contributed by atoms with Crippen LogP contribution in [0.25, 0.3) is 0 Å². The van der Waals surface area contributed by atoms with E-state index in [1.807, 2.05) is 19.1 Å². The van der Waals surface area contributed by atoms with Crippen molar-refractivity contribution in [2.75, 3.05) is 24.1 Å². The molecule has 0 aromatic heterocycles. The van der Waals surface area contributed by atoms with Crippen LogP contribution in [-0.4, -0.2) is 34.3 Å². The number of hydrogen-bond acceptors (Lipinski definition) is 5. The van der Waals surface area contributed by atoms with Crippen molar-refractivity contribution < 1.29 is 17.9 Å². The maximum Gasteiger partial charge on any atom is 0.268 e. The van der Waals surface area contributed by atoms with Gasteiger partial charge in [0.05, 0.1) is 17.9 Å². The Balaban J connectivity index is 1.75. The van der Waals surface area contributed by atoms with Gasteiger partial charge in [-0.1, -0.05) is 32.0 Å². The molecule has 1 unspecified atom stereocenters. The third-order valence-corrected chi connectivity index (χ3v) is 8.67. The molecule has 2 aliphatic rings. The molecule has 176 valence electrons. The minimum absolute atomic E-state index is 0.0690. The molecule has 6 nitrogen and oxygen atoms in total. The van der Waals surface area contributed by atoms with E-state index < -0.39 is 10.0 Å². The molecule has 2 heterocycles. The van der Waals surface area contributed by atoms with Crippen LogP contribution in [0.5, 0.6) is 5.75 Å². The first kappa shape index (κ1) is 23.6. The number of hydrogen-bond donors (Lipinski definition) is 0. The SMILES string of the molecule is CCc1ccc2c(c1)CCC(CC)N2S(=O)(=O)c1cccc(C#N)c1OCC1CCOCC1. The Morgan fingerprint density at radius 2 is 1.94 bits per heavy atom. The summed E-state index contributed by atoms with van der Waals surface area (Å²) in [7, 11) is -3.94. The van der Waals surface area contributed by atoms with E-state index in [2.05, 4.69) is 19.1 Å². The van der Waals surface area contributed by atoms with Crippen molar-refractivity contribution in [2.45, 2.75) is 63.3 Å². The predicted molar refractivity (Wildman–Crippen MR) is 128 cm³/mol. The van der Waals surface area contributed by atoms with E-state index in [1.165, 1.54) is 5.56 Å². The number of nitrogens with zero attached hydrogens (tertiary/aromatic N) is 2. The first-order valence-corrected chi connectivity index (χ1v) is 13.3. The van der Waals surface area contributed by atoms with Gasteiger partial charge < -0.3 is 9.47 Å². The Morgan fingerprint density at radius 3 is 2.64 bits per heavy atom. The third kappa shape index (κ3) is 4.73.